The normalized spacial score (nSPS) is 19.4. The van der Waals surface area contributed by atoms with E-state index in [0.717, 1.165) is 12.2 Å². The van der Waals surface area contributed by atoms with Gasteiger partial charge < -0.3 is 19.1 Å². The summed E-state index contributed by atoms with van der Waals surface area (Å²) in [6.45, 7) is 1.69. The maximum absolute atomic E-state index is 11.5. The summed E-state index contributed by atoms with van der Waals surface area (Å²) in [4.78, 5) is 17.6. The first kappa shape index (κ1) is 12.6. The third-order valence-electron chi connectivity index (χ3n) is 2.82. The summed E-state index contributed by atoms with van der Waals surface area (Å²) >= 11 is 0. The second-order valence-electron chi connectivity index (χ2n) is 3.89. The van der Waals surface area contributed by atoms with Gasteiger partial charge in [0.05, 0.1) is 27.4 Å². The molecule has 0 aromatic carbocycles. The molecule has 6 heteroatoms. The Labute approximate surface area is 105 Å². The maximum atomic E-state index is 11.5. The molecule has 1 unspecified atom stereocenters. The highest BCUT2D eigenvalue weighted by atomic mass is 16.6. The largest absolute Gasteiger partial charge is 0.481 e. The van der Waals surface area contributed by atoms with Crippen molar-refractivity contribution in [3.8, 4) is 5.88 Å². The quantitative estimate of drug-likeness (QED) is 0.729. The molecule has 0 saturated carbocycles. The van der Waals surface area contributed by atoms with Gasteiger partial charge in [0.25, 0.3) is 0 Å². The van der Waals surface area contributed by atoms with E-state index in [1.165, 1.54) is 7.11 Å². The number of methoxy groups -OCH3 is 2. The molecule has 1 atom stereocenters. The van der Waals surface area contributed by atoms with Gasteiger partial charge in [0.2, 0.25) is 5.88 Å². The van der Waals surface area contributed by atoms with E-state index in [2.05, 4.69) is 9.88 Å². The van der Waals surface area contributed by atoms with E-state index in [9.17, 15) is 4.79 Å². The molecule has 2 rings (SSSR count). The highest BCUT2D eigenvalue weighted by Gasteiger charge is 2.27. The zero-order valence-corrected chi connectivity index (χ0v) is 10.5. The SMILES string of the molecule is COC(=O)C1CN(c2ccnc(OC)c2)CCO1. The van der Waals surface area contributed by atoms with E-state index in [-0.39, 0.29) is 5.97 Å². The van der Waals surface area contributed by atoms with Crippen molar-refractivity contribution in [2.75, 3.05) is 38.8 Å². The molecule has 1 fully saturated rings. The van der Waals surface area contributed by atoms with Crippen LogP contribution in [0.15, 0.2) is 18.3 Å². The fraction of sp³-hybridized carbons (Fsp3) is 0.500. The standard InChI is InChI=1S/C12H16N2O4/c1-16-11-7-9(3-4-13-11)14-5-6-18-10(8-14)12(15)17-2/h3-4,7,10H,5-6,8H2,1-2H3. The lowest BCUT2D eigenvalue weighted by Crippen LogP contribution is -2.46. The average molecular weight is 252 g/mol. The van der Waals surface area contributed by atoms with E-state index in [4.69, 9.17) is 14.2 Å². The number of aromatic nitrogens is 1. The first-order valence-electron chi connectivity index (χ1n) is 5.69. The first-order chi connectivity index (χ1) is 8.74. The van der Waals surface area contributed by atoms with Crippen LogP contribution in [-0.4, -0.2) is 51.0 Å². The van der Waals surface area contributed by atoms with Gasteiger partial charge in [0.1, 0.15) is 0 Å². The minimum absolute atomic E-state index is 0.347. The van der Waals surface area contributed by atoms with Gasteiger partial charge in [-0.1, -0.05) is 0 Å². The molecular weight excluding hydrogens is 236 g/mol. The molecule has 1 aromatic rings. The van der Waals surface area contributed by atoms with Gasteiger partial charge >= 0.3 is 5.97 Å². The summed E-state index contributed by atoms with van der Waals surface area (Å²) in [5, 5.41) is 0. The number of carbonyl (C=O) groups is 1. The number of nitrogens with zero attached hydrogens (tertiary/aromatic N) is 2. The number of ether oxygens (including phenoxy) is 3. The Kier molecular flexibility index (Phi) is 3.99. The zero-order chi connectivity index (χ0) is 13.0. The van der Waals surface area contributed by atoms with Gasteiger partial charge in [-0.05, 0) is 6.07 Å². The van der Waals surface area contributed by atoms with Crippen LogP contribution in [0.5, 0.6) is 5.88 Å². The lowest BCUT2D eigenvalue weighted by atomic mass is 10.2. The van der Waals surface area contributed by atoms with Gasteiger partial charge in [-0.3, -0.25) is 0 Å². The second-order valence-corrected chi connectivity index (χ2v) is 3.89. The molecule has 1 aliphatic rings. The van der Waals surface area contributed by atoms with Crippen LogP contribution in [0.1, 0.15) is 0 Å². The number of anilines is 1. The van der Waals surface area contributed by atoms with Crippen LogP contribution in [0.25, 0.3) is 0 Å². The van der Waals surface area contributed by atoms with Crippen molar-refractivity contribution >= 4 is 11.7 Å². The topological polar surface area (TPSA) is 60.9 Å². The number of pyridine rings is 1. The van der Waals surface area contributed by atoms with Crippen LogP contribution in [-0.2, 0) is 14.3 Å². The van der Waals surface area contributed by atoms with E-state index >= 15 is 0 Å². The summed E-state index contributed by atoms with van der Waals surface area (Å²) in [5.41, 5.74) is 0.957. The Bertz CT molecular complexity index is 424. The predicted octanol–water partition coefficient (Wildman–Crippen LogP) is 0.468. The summed E-state index contributed by atoms with van der Waals surface area (Å²) in [5.74, 6) is 0.203. The van der Waals surface area contributed by atoms with E-state index in [1.54, 1.807) is 13.3 Å². The van der Waals surface area contributed by atoms with Gasteiger partial charge in [0.15, 0.2) is 6.10 Å². The zero-order valence-electron chi connectivity index (χ0n) is 10.5. The van der Waals surface area contributed by atoms with Crippen molar-refractivity contribution in [2.45, 2.75) is 6.10 Å². The van der Waals surface area contributed by atoms with Crippen LogP contribution in [0.2, 0.25) is 0 Å². The van der Waals surface area contributed by atoms with Crippen molar-refractivity contribution in [3.05, 3.63) is 18.3 Å². The Morgan fingerprint density at radius 1 is 1.56 bits per heavy atom. The fourth-order valence-corrected chi connectivity index (χ4v) is 1.87. The number of carbonyl (C=O) groups excluding carboxylic acids is 1. The van der Waals surface area contributed by atoms with Crippen molar-refractivity contribution in [2.24, 2.45) is 0 Å². The maximum Gasteiger partial charge on any atom is 0.336 e. The molecule has 6 nitrogen and oxygen atoms in total. The van der Waals surface area contributed by atoms with Crippen molar-refractivity contribution in [1.82, 2.24) is 4.98 Å². The number of hydrogen-bond donors (Lipinski definition) is 0. The van der Waals surface area contributed by atoms with E-state index in [0.29, 0.717) is 19.0 Å². The predicted molar refractivity (Wildman–Crippen MR) is 64.8 cm³/mol. The third-order valence-corrected chi connectivity index (χ3v) is 2.82. The summed E-state index contributed by atoms with van der Waals surface area (Å²) < 4.78 is 15.1. The molecule has 0 radical (unpaired) electrons. The third kappa shape index (κ3) is 2.70. The number of hydrogen-bond acceptors (Lipinski definition) is 6. The minimum atomic E-state index is -0.539. The fourth-order valence-electron chi connectivity index (χ4n) is 1.87. The Morgan fingerprint density at radius 2 is 2.39 bits per heavy atom. The molecule has 2 heterocycles. The number of esters is 1. The molecule has 98 valence electrons. The summed E-state index contributed by atoms with van der Waals surface area (Å²) in [6, 6.07) is 3.71. The van der Waals surface area contributed by atoms with Gasteiger partial charge in [-0.25, -0.2) is 9.78 Å². The molecule has 1 aromatic heterocycles. The molecule has 0 amide bonds. The highest BCUT2D eigenvalue weighted by Crippen LogP contribution is 2.21. The Hall–Kier alpha value is -1.82. The van der Waals surface area contributed by atoms with E-state index < -0.39 is 6.10 Å². The number of morpholine rings is 1. The second kappa shape index (κ2) is 5.68. The van der Waals surface area contributed by atoms with Crippen molar-refractivity contribution in [1.29, 1.82) is 0 Å². The Balaban J connectivity index is 2.10. The van der Waals surface area contributed by atoms with Crippen LogP contribution in [0.3, 0.4) is 0 Å². The summed E-state index contributed by atoms with van der Waals surface area (Å²) in [6.07, 6.45) is 1.14. The smallest absolute Gasteiger partial charge is 0.336 e. The molecule has 1 aliphatic heterocycles. The van der Waals surface area contributed by atoms with Crippen LogP contribution in [0, 0.1) is 0 Å². The van der Waals surface area contributed by atoms with Crippen molar-refractivity contribution in [3.63, 3.8) is 0 Å². The molecular formula is C12H16N2O4. The lowest BCUT2D eigenvalue weighted by molar-refractivity contribution is -0.154. The van der Waals surface area contributed by atoms with Gasteiger partial charge in [0, 0.05) is 24.5 Å². The molecule has 0 spiro atoms. The molecule has 0 N–H and O–H groups in total. The number of rotatable bonds is 3. The molecule has 1 saturated heterocycles. The average Bonchev–Trinajstić information content (AvgIpc) is 2.46. The van der Waals surface area contributed by atoms with Crippen LogP contribution >= 0.6 is 0 Å². The van der Waals surface area contributed by atoms with Crippen LogP contribution in [0.4, 0.5) is 5.69 Å². The molecule has 18 heavy (non-hydrogen) atoms. The van der Waals surface area contributed by atoms with Gasteiger partial charge in [-0.15, -0.1) is 0 Å². The monoisotopic (exact) mass is 252 g/mol. The Morgan fingerprint density at radius 3 is 3.11 bits per heavy atom. The first-order valence-corrected chi connectivity index (χ1v) is 5.69. The molecule has 0 aliphatic carbocycles. The highest BCUT2D eigenvalue weighted by molar-refractivity contribution is 5.75. The van der Waals surface area contributed by atoms with Crippen LogP contribution < -0.4 is 9.64 Å². The molecule has 0 bridgehead atoms. The minimum Gasteiger partial charge on any atom is -0.481 e. The summed E-state index contributed by atoms with van der Waals surface area (Å²) in [7, 11) is 2.93. The lowest BCUT2D eigenvalue weighted by Gasteiger charge is -2.33. The van der Waals surface area contributed by atoms with E-state index in [1.807, 2.05) is 12.1 Å². The van der Waals surface area contributed by atoms with Crippen molar-refractivity contribution < 1.29 is 19.0 Å². The van der Waals surface area contributed by atoms with Gasteiger partial charge in [-0.2, -0.15) is 0 Å².